The molecular weight excluding hydrogens is 316 g/mol. The fourth-order valence-electron chi connectivity index (χ4n) is 1.59. The summed E-state index contributed by atoms with van der Waals surface area (Å²) in [5, 5.41) is 12.4. The van der Waals surface area contributed by atoms with Gasteiger partial charge in [0, 0.05) is 14.9 Å². The van der Waals surface area contributed by atoms with E-state index in [1.807, 2.05) is 16.8 Å². The first-order chi connectivity index (χ1) is 8.78. The van der Waals surface area contributed by atoms with Crippen LogP contribution in [0.3, 0.4) is 0 Å². The van der Waals surface area contributed by atoms with Crippen LogP contribution in [0.25, 0.3) is 0 Å². The minimum absolute atomic E-state index is 0.425. The third kappa shape index (κ3) is 2.32. The van der Waals surface area contributed by atoms with E-state index in [0.29, 0.717) is 11.6 Å². The lowest BCUT2D eigenvalue weighted by Gasteiger charge is -2.05. The average molecular weight is 325 g/mol. The van der Waals surface area contributed by atoms with Gasteiger partial charge in [0.25, 0.3) is 0 Å². The van der Waals surface area contributed by atoms with E-state index >= 15 is 0 Å². The quantitative estimate of drug-likeness (QED) is 0.809. The second-order valence-corrected chi connectivity index (χ2v) is 5.96. The van der Waals surface area contributed by atoms with Crippen LogP contribution in [0.2, 0.25) is 0 Å². The highest BCUT2D eigenvalue weighted by Crippen LogP contribution is 2.38. The molecule has 1 aliphatic carbocycles. The minimum atomic E-state index is 0.425. The fraction of sp³-hybridized carbons (Fsp3) is 0.273. The summed E-state index contributed by atoms with van der Waals surface area (Å²) in [5.41, 5.74) is 0.647. The number of hydrogen-bond acceptors (Lipinski definition) is 5. The van der Waals surface area contributed by atoms with E-state index in [1.54, 1.807) is 6.07 Å². The van der Waals surface area contributed by atoms with E-state index in [9.17, 15) is 4.79 Å². The Kier molecular flexibility index (Phi) is 3.17. The van der Waals surface area contributed by atoms with Crippen molar-refractivity contribution >= 4 is 34.0 Å². The number of carbonyl (C=O) groups is 1. The summed E-state index contributed by atoms with van der Waals surface area (Å²) in [6.07, 6.45) is 3.09. The molecule has 18 heavy (non-hydrogen) atoms. The number of benzene rings is 1. The Morgan fingerprint density at radius 1 is 1.44 bits per heavy atom. The van der Waals surface area contributed by atoms with Gasteiger partial charge in [-0.3, -0.25) is 4.79 Å². The molecule has 0 unspecified atom stereocenters. The van der Waals surface area contributed by atoms with Gasteiger partial charge in [-0.2, -0.15) is 0 Å². The highest BCUT2D eigenvalue weighted by Gasteiger charge is 2.28. The third-order valence-corrected chi connectivity index (χ3v) is 4.18. The number of aldehydes is 1. The van der Waals surface area contributed by atoms with Crippen LogP contribution in [0.15, 0.2) is 32.7 Å². The van der Waals surface area contributed by atoms with Crippen LogP contribution in [-0.2, 0) is 0 Å². The maximum atomic E-state index is 11.0. The smallest absolute Gasteiger partial charge is 0.214 e. The van der Waals surface area contributed by atoms with Gasteiger partial charge in [0.15, 0.2) is 6.29 Å². The lowest BCUT2D eigenvalue weighted by atomic mass is 10.2. The molecule has 0 aliphatic heterocycles. The maximum Gasteiger partial charge on any atom is 0.214 e. The molecule has 1 saturated carbocycles. The summed E-state index contributed by atoms with van der Waals surface area (Å²) in [4.78, 5) is 11.9. The van der Waals surface area contributed by atoms with Crippen molar-refractivity contribution in [3.63, 3.8) is 0 Å². The van der Waals surface area contributed by atoms with Gasteiger partial charge >= 0.3 is 0 Å². The number of tetrazole rings is 1. The summed E-state index contributed by atoms with van der Waals surface area (Å²) < 4.78 is 2.77. The summed E-state index contributed by atoms with van der Waals surface area (Å²) >= 11 is 4.82. The van der Waals surface area contributed by atoms with Crippen LogP contribution in [0.1, 0.15) is 29.2 Å². The highest BCUT2D eigenvalue weighted by atomic mass is 79.9. The van der Waals surface area contributed by atoms with Crippen molar-refractivity contribution in [2.24, 2.45) is 0 Å². The molecule has 0 radical (unpaired) electrons. The van der Waals surface area contributed by atoms with Gasteiger partial charge in [0.05, 0.1) is 6.04 Å². The maximum absolute atomic E-state index is 11.0. The molecule has 0 amide bonds. The molecular formula is C11H9BrN4OS. The van der Waals surface area contributed by atoms with Gasteiger partial charge in [-0.05, 0) is 53.2 Å². The third-order valence-electron chi connectivity index (χ3n) is 2.66. The molecule has 0 atom stereocenters. The monoisotopic (exact) mass is 324 g/mol. The van der Waals surface area contributed by atoms with E-state index in [1.165, 1.54) is 11.8 Å². The average Bonchev–Trinajstić information content (AvgIpc) is 3.11. The Balaban J connectivity index is 1.93. The van der Waals surface area contributed by atoms with Crippen molar-refractivity contribution in [2.75, 3.05) is 0 Å². The topological polar surface area (TPSA) is 60.7 Å². The Morgan fingerprint density at radius 3 is 3.00 bits per heavy atom. The highest BCUT2D eigenvalue weighted by molar-refractivity contribution is 9.10. The fourth-order valence-corrected chi connectivity index (χ4v) is 3.08. The molecule has 2 aromatic rings. The Labute approximate surface area is 116 Å². The van der Waals surface area contributed by atoms with Crippen molar-refractivity contribution in [1.82, 2.24) is 20.2 Å². The van der Waals surface area contributed by atoms with Gasteiger partial charge in [0.1, 0.15) is 0 Å². The van der Waals surface area contributed by atoms with Crippen LogP contribution in [0, 0.1) is 0 Å². The van der Waals surface area contributed by atoms with Crippen molar-refractivity contribution < 1.29 is 4.79 Å². The van der Waals surface area contributed by atoms with Gasteiger partial charge < -0.3 is 0 Å². The number of aromatic nitrogens is 4. The first kappa shape index (κ1) is 11.9. The minimum Gasteiger partial charge on any atom is -0.298 e. The van der Waals surface area contributed by atoms with Crippen LogP contribution in [0.4, 0.5) is 0 Å². The van der Waals surface area contributed by atoms with Crippen molar-refractivity contribution in [3.8, 4) is 0 Å². The van der Waals surface area contributed by atoms with Crippen molar-refractivity contribution in [3.05, 3.63) is 28.2 Å². The predicted octanol–water partition coefficient (Wildman–Crippen LogP) is 2.73. The van der Waals surface area contributed by atoms with Crippen LogP contribution in [-0.4, -0.2) is 26.5 Å². The largest absolute Gasteiger partial charge is 0.298 e. The Morgan fingerprint density at radius 2 is 2.28 bits per heavy atom. The lowest BCUT2D eigenvalue weighted by molar-refractivity contribution is 0.112. The second kappa shape index (κ2) is 4.81. The number of carbonyl (C=O) groups excluding carboxylic acids is 1. The predicted molar refractivity (Wildman–Crippen MR) is 69.7 cm³/mol. The zero-order chi connectivity index (χ0) is 12.5. The number of halogens is 1. The van der Waals surface area contributed by atoms with E-state index in [2.05, 4.69) is 31.5 Å². The molecule has 1 fully saturated rings. The molecule has 1 aromatic carbocycles. The number of hydrogen-bond donors (Lipinski definition) is 0. The molecule has 92 valence electrons. The SMILES string of the molecule is O=Cc1ccc(Br)cc1Sc1nnnn1C1CC1. The first-order valence-electron chi connectivity index (χ1n) is 5.48. The molecule has 5 nitrogen and oxygen atoms in total. The van der Waals surface area contributed by atoms with Gasteiger partial charge in [-0.1, -0.05) is 15.9 Å². The zero-order valence-corrected chi connectivity index (χ0v) is 11.7. The zero-order valence-electron chi connectivity index (χ0n) is 9.28. The van der Waals surface area contributed by atoms with Gasteiger partial charge in [0.2, 0.25) is 5.16 Å². The Hall–Kier alpha value is -1.21. The summed E-state index contributed by atoms with van der Waals surface area (Å²) in [6, 6.07) is 5.96. The van der Waals surface area contributed by atoms with Crippen molar-refractivity contribution in [2.45, 2.75) is 28.9 Å². The molecule has 0 N–H and O–H groups in total. The number of nitrogens with zero attached hydrogens (tertiary/aromatic N) is 4. The van der Waals surface area contributed by atoms with Gasteiger partial charge in [-0.25, -0.2) is 4.68 Å². The van der Waals surface area contributed by atoms with Crippen LogP contribution in [0.5, 0.6) is 0 Å². The molecule has 7 heteroatoms. The molecule has 0 saturated heterocycles. The summed E-state index contributed by atoms with van der Waals surface area (Å²) in [5.74, 6) is 0. The summed E-state index contributed by atoms with van der Waals surface area (Å²) in [6.45, 7) is 0. The normalized spacial score (nSPS) is 14.7. The van der Waals surface area contributed by atoms with Crippen LogP contribution >= 0.6 is 27.7 Å². The number of rotatable bonds is 4. The van der Waals surface area contributed by atoms with Crippen LogP contribution < -0.4 is 0 Å². The van der Waals surface area contributed by atoms with E-state index < -0.39 is 0 Å². The lowest BCUT2D eigenvalue weighted by Crippen LogP contribution is -1.99. The molecule has 0 bridgehead atoms. The van der Waals surface area contributed by atoms with Crippen molar-refractivity contribution in [1.29, 1.82) is 0 Å². The van der Waals surface area contributed by atoms with E-state index in [0.717, 1.165) is 33.7 Å². The molecule has 3 rings (SSSR count). The van der Waals surface area contributed by atoms with Gasteiger partial charge in [-0.15, -0.1) is 5.10 Å². The van der Waals surface area contributed by atoms with E-state index in [4.69, 9.17) is 0 Å². The molecule has 1 aliphatic rings. The molecule has 1 aromatic heterocycles. The first-order valence-corrected chi connectivity index (χ1v) is 7.09. The molecule has 0 spiro atoms. The standard InChI is InChI=1S/C11H9BrN4OS/c12-8-2-1-7(6-17)10(5-8)18-11-13-14-15-16(11)9-3-4-9/h1-2,5-6,9H,3-4H2. The summed E-state index contributed by atoms with van der Waals surface area (Å²) in [7, 11) is 0. The molecule has 1 heterocycles. The second-order valence-electron chi connectivity index (χ2n) is 4.04. The Bertz CT molecular complexity index is 596. The van der Waals surface area contributed by atoms with E-state index in [-0.39, 0.29) is 0 Å².